The van der Waals surface area contributed by atoms with Gasteiger partial charge in [-0.05, 0) is 12.1 Å². The average Bonchev–Trinajstić information content (AvgIpc) is 2.49. The molecule has 2 aromatic heterocycles. The predicted molar refractivity (Wildman–Crippen MR) is 77.5 cm³/mol. The van der Waals surface area contributed by atoms with Crippen molar-refractivity contribution in [2.75, 3.05) is 5.32 Å². The molecule has 3 aromatic rings. The molecule has 0 saturated heterocycles. The van der Waals surface area contributed by atoms with Gasteiger partial charge in [0, 0.05) is 6.07 Å². The van der Waals surface area contributed by atoms with Gasteiger partial charge in [-0.1, -0.05) is 23.7 Å². The molecule has 21 heavy (non-hydrogen) atoms. The van der Waals surface area contributed by atoms with E-state index in [2.05, 4.69) is 15.3 Å². The lowest BCUT2D eigenvalue weighted by Crippen LogP contribution is -2.15. The van der Waals surface area contributed by atoms with Crippen molar-refractivity contribution < 1.29 is 9.21 Å². The van der Waals surface area contributed by atoms with Crippen LogP contribution in [0.3, 0.4) is 0 Å². The lowest BCUT2D eigenvalue weighted by Gasteiger charge is -2.04. The van der Waals surface area contributed by atoms with Gasteiger partial charge >= 0.3 is 0 Å². The molecule has 0 radical (unpaired) electrons. The van der Waals surface area contributed by atoms with E-state index in [4.69, 9.17) is 16.0 Å². The van der Waals surface area contributed by atoms with Gasteiger partial charge in [-0.25, -0.2) is 9.97 Å². The Balaban J connectivity index is 1.94. The maximum atomic E-state index is 12.1. The lowest BCUT2D eigenvalue weighted by molar-refractivity contribution is 0.0996. The largest absolute Gasteiger partial charge is 0.451 e. The molecule has 0 bridgehead atoms. The molecular formula is C14H8ClN3O3. The Morgan fingerprint density at radius 1 is 1.19 bits per heavy atom. The summed E-state index contributed by atoms with van der Waals surface area (Å²) in [6.07, 6.45) is 2.60. The molecule has 1 amide bonds. The highest BCUT2D eigenvalue weighted by molar-refractivity contribution is 6.29. The summed E-state index contributed by atoms with van der Waals surface area (Å²) in [6.45, 7) is 0. The smallest absolute Gasteiger partial charge is 0.292 e. The van der Waals surface area contributed by atoms with Gasteiger partial charge in [-0.15, -0.1) is 0 Å². The van der Waals surface area contributed by atoms with E-state index in [0.29, 0.717) is 11.0 Å². The number of nitrogens with zero attached hydrogens (tertiary/aromatic N) is 2. The first-order valence-corrected chi connectivity index (χ1v) is 6.33. The van der Waals surface area contributed by atoms with Crippen LogP contribution in [-0.4, -0.2) is 15.9 Å². The summed E-state index contributed by atoms with van der Waals surface area (Å²) >= 11 is 5.61. The number of hydrogen-bond acceptors (Lipinski definition) is 5. The van der Waals surface area contributed by atoms with E-state index in [9.17, 15) is 9.59 Å². The number of carbonyl (C=O) groups excluding carboxylic acids is 1. The number of nitrogens with one attached hydrogen (secondary N) is 1. The van der Waals surface area contributed by atoms with Gasteiger partial charge in [0.1, 0.15) is 10.7 Å². The molecule has 104 valence electrons. The molecule has 1 N–H and O–H groups in total. The minimum Gasteiger partial charge on any atom is -0.451 e. The fraction of sp³-hybridized carbons (Fsp3) is 0. The van der Waals surface area contributed by atoms with Crippen molar-refractivity contribution in [3.63, 3.8) is 0 Å². The number of hydrogen-bond donors (Lipinski definition) is 1. The minimum atomic E-state index is -0.588. The lowest BCUT2D eigenvalue weighted by atomic mass is 10.2. The molecule has 0 aliphatic heterocycles. The van der Waals surface area contributed by atoms with Crippen LogP contribution in [0.15, 0.2) is 51.9 Å². The fourth-order valence-electron chi connectivity index (χ4n) is 1.77. The molecule has 0 aliphatic rings. The first-order valence-electron chi connectivity index (χ1n) is 5.95. The zero-order valence-corrected chi connectivity index (χ0v) is 11.3. The minimum absolute atomic E-state index is 0.101. The zero-order chi connectivity index (χ0) is 14.8. The number of anilines is 1. The number of carbonyl (C=O) groups is 1. The van der Waals surface area contributed by atoms with Crippen LogP contribution in [0.5, 0.6) is 0 Å². The van der Waals surface area contributed by atoms with Crippen LogP contribution in [0.2, 0.25) is 5.15 Å². The summed E-state index contributed by atoms with van der Waals surface area (Å²) in [7, 11) is 0. The highest BCUT2D eigenvalue weighted by Crippen LogP contribution is 2.13. The van der Waals surface area contributed by atoms with E-state index in [1.54, 1.807) is 24.3 Å². The summed E-state index contributed by atoms with van der Waals surface area (Å²) in [5.74, 6) is -0.481. The van der Waals surface area contributed by atoms with Gasteiger partial charge in [0.2, 0.25) is 0 Å². The number of halogens is 1. The highest BCUT2D eigenvalue weighted by atomic mass is 35.5. The van der Waals surface area contributed by atoms with Gasteiger partial charge in [0.15, 0.2) is 17.0 Å². The van der Waals surface area contributed by atoms with Crippen LogP contribution in [0.25, 0.3) is 11.0 Å². The molecule has 7 heteroatoms. The normalized spacial score (nSPS) is 10.5. The molecule has 0 spiro atoms. The number of aromatic nitrogens is 2. The van der Waals surface area contributed by atoms with Gasteiger partial charge in [-0.2, -0.15) is 0 Å². The molecule has 0 saturated carbocycles. The SMILES string of the molecule is O=C(Nc1cnc(Cl)cn1)c1cc(=O)c2ccccc2o1. The van der Waals surface area contributed by atoms with Gasteiger partial charge in [0.25, 0.3) is 5.91 Å². The summed E-state index contributed by atoms with van der Waals surface area (Å²) in [5, 5.41) is 3.10. The highest BCUT2D eigenvalue weighted by Gasteiger charge is 2.13. The second kappa shape index (κ2) is 5.34. The van der Waals surface area contributed by atoms with Crippen molar-refractivity contribution in [2.45, 2.75) is 0 Å². The van der Waals surface area contributed by atoms with E-state index in [0.717, 1.165) is 6.07 Å². The number of benzene rings is 1. The Morgan fingerprint density at radius 2 is 2.00 bits per heavy atom. The molecular weight excluding hydrogens is 294 g/mol. The van der Waals surface area contributed by atoms with Gasteiger partial charge in [0.05, 0.1) is 17.8 Å². The third kappa shape index (κ3) is 2.75. The van der Waals surface area contributed by atoms with E-state index in [1.807, 2.05) is 0 Å². The number of amides is 1. The number of fused-ring (bicyclic) bond motifs is 1. The third-order valence-electron chi connectivity index (χ3n) is 2.72. The van der Waals surface area contributed by atoms with Crippen molar-refractivity contribution in [2.24, 2.45) is 0 Å². The monoisotopic (exact) mass is 301 g/mol. The van der Waals surface area contributed by atoms with E-state index < -0.39 is 5.91 Å². The Morgan fingerprint density at radius 3 is 2.76 bits per heavy atom. The third-order valence-corrected chi connectivity index (χ3v) is 2.92. The molecule has 0 atom stereocenters. The quantitative estimate of drug-likeness (QED) is 0.786. The molecule has 2 heterocycles. The fourth-order valence-corrected chi connectivity index (χ4v) is 1.87. The molecule has 0 fully saturated rings. The molecule has 6 nitrogen and oxygen atoms in total. The van der Waals surface area contributed by atoms with Crippen molar-refractivity contribution in [1.29, 1.82) is 0 Å². The topological polar surface area (TPSA) is 85.1 Å². The predicted octanol–water partition coefficient (Wildman–Crippen LogP) is 2.49. The second-order valence-corrected chi connectivity index (χ2v) is 4.54. The molecule has 3 rings (SSSR count). The van der Waals surface area contributed by atoms with E-state index >= 15 is 0 Å². The van der Waals surface area contributed by atoms with E-state index in [-0.39, 0.29) is 22.2 Å². The van der Waals surface area contributed by atoms with Crippen molar-refractivity contribution in [1.82, 2.24) is 9.97 Å². The van der Waals surface area contributed by atoms with Crippen molar-refractivity contribution in [3.8, 4) is 0 Å². The summed E-state index contributed by atoms with van der Waals surface area (Å²) in [4.78, 5) is 31.6. The van der Waals surface area contributed by atoms with Gasteiger partial charge in [-0.3, -0.25) is 9.59 Å². The number of para-hydroxylation sites is 1. The summed E-state index contributed by atoms with van der Waals surface area (Å²) < 4.78 is 5.41. The molecule has 0 aliphatic carbocycles. The van der Waals surface area contributed by atoms with E-state index in [1.165, 1.54) is 12.4 Å². The van der Waals surface area contributed by atoms with Crippen LogP contribution in [0.1, 0.15) is 10.6 Å². The van der Waals surface area contributed by atoms with Crippen molar-refractivity contribution >= 4 is 34.3 Å². The summed E-state index contributed by atoms with van der Waals surface area (Å²) in [6, 6.07) is 7.84. The standard InChI is InChI=1S/C14H8ClN3O3/c15-12-6-17-13(7-16-12)18-14(20)11-5-9(19)8-3-1-2-4-10(8)21-11/h1-7H,(H,17,18,20). The Kier molecular flexibility index (Phi) is 3.37. The maximum Gasteiger partial charge on any atom is 0.292 e. The van der Waals surface area contributed by atoms with Gasteiger partial charge < -0.3 is 9.73 Å². The Hall–Kier alpha value is -2.73. The van der Waals surface area contributed by atoms with Crippen LogP contribution < -0.4 is 10.7 Å². The number of rotatable bonds is 2. The van der Waals surface area contributed by atoms with Crippen LogP contribution >= 0.6 is 11.6 Å². The van der Waals surface area contributed by atoms with Crippen LogP contribution in [0, 0.1) is 0 Å². The molecule has 0 unspecified atom stereocenters. The maximum absolute atomic E-state index is 12.1. The van der Waals surface area contributed by atoms with Crippen molar-refractivity contribution in [3.05, 3.63) is 63.9 Å². The summed E-state index contributed by atoms with van der Waals surface area (Å²) in [5.41, 5.74) is 0.0570. The molecule has 1 aromatic carbocycles. The first kappa shape index (κ1) is 13.3. The Bertz CT molecular complexity index is 875. The van der Waals surface area contributed by atoms with Crippen LogP contribution in [0.4, 0.5) is 5.82 Å². The first-order chi connectivity index (χ1) is 10.1. The zero-order valence-electron chi connectivity index (χ0n) is 10.5. The Labute approximate surface area is 123 Å². The second-order valence-electron chi connectivity index (χ2n) is 4.15. The average molecular weight is 302 g/mol. The van der Waals surface area contributed by atoms with Crippen LogP contribution in [-0.2, 0) is 0 Å².